The molecule has 1 aliphatic rings. The number of benzene rings is 2. The zero-order valence-electron chi connectivity index (χ0n) is 19.1. The molecule has 34 heavy (non-hydrogen) atoms. The lowest BCUT2D eigenvalue weighted by Crippen LogP contribution is -2.28. The molecular formula is C25H26F3N3O3. The second kappa shape index (κ2) is 9.79. The van der Waals surface area contributed by atoms with Crippen molar-refractivity contribution in [1.29, 1.82) is 0 Å². The van der Waals surface area contributed by atoms with Crippen LogP contribution in [0.1, 0.15) is 43.9 Å². The maximum absolute atomic E-state index is 14.7. The normalized spacial score (nSPS) is 16.7. The minimum absolute atomic E-state index is 0.00407. The highest BCUT2D eigenvalue weighted by Gasteiger charge is 2.27. The first-order valence-corrected chi connectivity index (χ1v) is 11.0. The maximum Gasteiger partial charge on any atom is 0.266 e. The van der Waals surface area contributed by atoms with Gasteiger partial charge >= 0.3 is 0 Å². The van der Waals surface area contributed by atoms with Gasteiger partial charge in [0, 0.05) is 48.8 Å². The van der Waals surface area contributed by atoms with Crippen LogP contribution >= 0.6 is 0 Å². The zero-order chi connectivity index (χ0) is 24.4. The van der Waals surface area contributed by atoms with Crippen LogP contribution in [0.2, 0.25) is 0 Å². The van der Waals surface area contributed by atoms with Gasteiger partial charge in [-0.1, -0.05) is 18.2 Å². The van der Waals surface area contributed by atoms with Crippen molar-refractivity contribution in [3.05, 3.63) is 59.5 Å². The number of methoxy groups -OCH3 is 1. The van der Waals surface area contributed by atoms with Gasteiger partial charge in [-0.05, 0) is 19.1 Å². The highest BCUT2D eigenvalue weighted by atomic mass is 19.3. The second-order valence-corrected chi connectivity index (χ2v) is 8.29. The van der Waals surface area contributed by atoms with Gasteiger partial charge in [0.1, 0.15) is 11.9 Å². The molecule has 1 unspecified atom stereocenters. The van der Waals surface area contributed by atoms with E-state index in [9.17, 15) is 18.0 Å². The minimum atomic E-state index is -2.89. The Balaban J connectivity index is 1.64. The summed E-state index contributed by atoms with van der Waals surface area (Å²) in [6, 6.07) is 8.68. The van der Waals surface area contributed by atoms with Gasteiger partial charge in [0.2, 0.25) is 5.91 Å². The molecule has 0 radical (unpaired) electrons. The van der Waals surface area contributed by atoms with Crippen molar-refractivity contribution in [2.45, 2.75) is 38.8 Å². The number of alkyl halides is 2. The molecule has 1 saturated heterocycles. The molecule has 0 saturated carbocycles. The van der Waals surface area contributed by atoms with Crippen molar-refractivity contribution in [2.75, 3.05) is 25.5 Å². The zero-order valence-corrected chi connectivity index (χ0v) is 19.1. The summed E-state index contributed by atoms with van der Waals surface area (Å²) in [5, 5.41) is 3.92. The predicted octanol–water partition coefficient (Wildman–Crippen LogP) is 5.49. The SMILES string of the molecule is COc1cc2nccc(N[C@H](C)c3cccc(C(F)F)c3F)c2cc1OC1CCN(C(C)=O)C1. The summed E-state index contributed by atoms with van der Waals surface area (Å²) in [7, 11) is 1.54. The lowest BCUT2D eigenvalue weighted by Gasteiger charge is -2.21. The number of hydrogen-bond donors (Lipinski definition) is 1. The average Bonchev–Trinajstić information content (AvgIpc) is 3.28. The first kappa shape index (κ1) is 23.7. The Morgan fingerprint density at radius 2 is 1.97 bits per heavy atom. The summed E-state index contributed by atoms with van der Waals surface area (Å²) < 4.78 is 52.6. The molecule has 0 spiro atoms. The Bertz CT molecular complexity index is 1200. The standard InChI is InChI=1S/C25H26F3N3O3/c1-14(17-5-4-6-18(24(17)26)25(27)28)30-20-7-9-29-21-12-22(33-3)23(11-19(20)21)34-16-8-10-31(13-16)15(2)32/h4-7,9,11-12,14,16,25H,8,10,13H2,1-3H3,(H,29,30)/t14-,16?/m1/s1. The van der Waals surface area contributed by atoms with E-state index in [-0.39, 0.29) is 17.6 Å². The van der Waals surface area contributed by atoms with E-state index in [4.69, 9.17) is 9.47 Å². The first-order chi connectivity index (χ1) is 16.3. The second-order valence-electron chi connectivity index (χ2n) is 8.29. The summed E-state index contributed by atoms with van der Waals surface area (Å²) in [4.78, 5) is 17.8. The number of rotatable bonds is 7. The fraction of sp³-hybridized carbons (Fsp3) is 0.360. The van der Waals surface area contributed by atoms with Gasteiger partial charge in [-0.3, -0.25) is 9.78 Å². The van der Waals surface area contributed by atoms with Gasteiger partial charge in [-0.2, -0.15) is 0 Å². The first-order valence-electron chi connectivity index (χ1n) is 11.0. The maximum atomic E-state index is 14.7. The molecule has 1 N–H and O–H groups in total. The molecule has 3 aromatic rings. The molecule has 1 aliphatic heterocycles. The van der Waals surface area contributed by atoms with Crippen molar-refractivity contribution >= 4 is 22.5 Å². The van der Waals surface area contributed by atoms with Crippen molar-refractivity contribution in [1.82, 2.24) is 9.88 Å². The smallest absolute Gasteiger partial charge is 0.266 e. The molecule has 0 aliphatic carbocycles. The number of pyridine rings is 1. The number of carbonyl (C=O) groups excluding carboxylic acids is 1. The molecule has 2 atom stereocenters. The number of nitrogens with zero attached hydrogens (tertiary/aromatic N) is 2. The number of fused-ring (bicyclic) bond motifs is 1. The summed E-state index contributed by atoms with van der Waals surface area (Å²) in [5.74, 6) is 0.0874. The Labute approximate surface area is 195 Å². The van der Waals surface area contributed by atoms with E-state index >= 15 is 0 Å². The molecule has 2 aromatic carbocycles. The highest BCUT2D eigenvalue weighted by Crippen LogP contribution is 2.37. The number of halogens is 3. The third kappa shape index (κ3) is 4.73. The van der Waals surface area contributed by atoms with E-state index in [1.807, 2.05) is 0 Å². The van der Waals surface area contributed by atoms with Crippen LogP contribution in [0.25, 0.3) is 10.9 Å². The number of anilines is 1. The minimum Gasteiger partial charge on any atom is -0.493 e. The van der Waals surface area contributed by atoms with Gasteiger partial charge < -0.3 is 19.7 Å². The summed E-state index contributed by atoms with van der Waals surface area (Å²) in [6.07, 6.45) is -0.759. The van der Waals surface area contributed by atoms with Crippen molar-refractivity contribution in [3.63, 3.8) is 0 Å². The Morgan fingerprint density at radius 1 is 1.21 bits per heavy atom. The van der Waals surface area contributed by atoms with Gasteiger partial charge in [0.05, 0.1) is 30.8 Å². The lowest BCUT2D eigenvalue weighted by molar-refractivity contribution is -0.128. The topological polar surface area (TPSA) is 63.7 Å². The van der Waals surface area contributed by atoms with Crippen LogP contribution in [0.5, 0.6) is 11.5 Å². The molecule has 2 heterocycles. The van der Waals surface area contributed by atoms with Crippen LogP contribution < -0.4 is 14.8 Å². The summed E-state index contributed by atoms with van der Waals surface area (Å²) >= 11 is 0. The van der Waals surface area contributed by atoms with Crippen LogP contribution in [0.4, 0.5) is 18.9 Å². The Kier molecular flexibility index (Phi) is 6.81. The summed E-state index contributed by atoms with van der Waals surface area (Å²) in [6.45, 7) is 4.36. The predicted molar refractivity (Wildman–Crippen MR) is 123 cm³/mol. The number of aromatic nitrogens is 1. The Morgan fingerprint density at radius 3 is 2.65 bits per heavy atom. The molecule has 1 amide bonds. The van der Waals surface area contributed by atoms with Crippen molar-refractivity contribution in [3.8, 4) is 11.5 Å². The fourth-order valence-electron chi connectivity index (χ4n) is 4.20. The Hall–Kier alpha value is -3.49. The lowest BCUT2D eigenvalue weighted by atomic mass is 10.0. The van der Waals surface area contributed by atoms with E-state index in [1.165, 1.54) is 26.2 Å². The van der Waals surface area contributed by atoms with Crippen LogP contribution in [-0.2, 0) is 4.79 Å². The monoisotopic (exact) mass is 473 g/mol. The van der Waals surface area contributed by atoms with Crippen LogP contribution in [0.15, 0.2) is 42.6 Å². The molecule has 1 aromatic heterocycles. The number of amides is 1. The fourth-order valence-corrected chi connectivity index (χ4v) is 4.20. The molecule has 9 heteroatoms. The van der Waals surface area contributed by atoms with E-state index in [2.05, 4.69) is 10.3 Å². The van der Waals surface area contributed by atoms with Crippen LogP contribution in [0.3, 0.4) is 0 Å². The van der Waals surface area contributed by atoms with E-state index in [1.54, 1.807) is 36.2 Å². The van der Waals surface area contributed by atoms with Crippen molar-refractivity contribution in [2.24, 2.45) is 0 Å². The number of hydrogen-bond acceptors (Lipinski definition) is 5. The van der Waals surface area contributed by atoms with Crippen LogP contribution in [-0.4, -0.2) is 42.1 Å². The molecule has 4 rings (SSSR count). The molecule has 0 bridgehead atoms. The van der Waals surface area contributed by atoms with E-state index < -0.39 is 23.8 Å². The summed E-state index contributed by atoms with van der Waals surface area (Å²) in [5.41, 5.74) is 0.786. The highest BCUT2D eigenvalue weighted by molar-refractivity contribution is 5.93. The quantitative estimate of drug-likeness (QED) is 0.492. The molecule has 180 valence electrons. The number of ether oxygens (including phenoxy) is 2. The van der Waals surface area contributed by atoms with Gasteiger partial charge in [0.25, 0.3) is 6.43 Å². The third-order valence-electron chi connectivity index (χ3n) is 6.04. The van der Waals surface area contributed by atoms with E-state index in [0.29, 0.717) is 47.6 Å². The molecule has 1 fully saturated rings. The number of carbonyl (C=O) groups is 1. The van der Waals surface area contributed by atoms with Crippen molar-refractivity contribution < 1.29 is 27.4 Å². The largest absolute Gasteiger partial charge is 0.493 e. The van der Waals surface area contributed by atoms with Gasteiger partial charge in [0.15, 0.2) is 11.5 Å². The molecular weight excluding hydrogens is 447 g/mol. The van der Waals surface area contributed by atoms with E-state index in [0.717, 1.165) is 6.07 Å². The average molecular weight is 473 g/mol. The number of nitrogens with one attached hydrogen (secondary N) is 1. The third-order valence-corrected chi connectivity index (χ3v) is 6.04. The van der Waals surface area contributed by atoms with Gasteiger partial charge in [-0.15, -0.1) is 0 Å². The molecule has 6 nitrogen and oxygen atoms in total. The van der Waals surface area contributed by atoms with Gasteiger partial charge in [-0.25, -0.2) is 13.2 Å². The number of likely N-dealkylation sites (tertiary alicyclic amines) is 1. The van der Waals surface area contributed by atoms with Crippen LogP contribution in [0, 0.1) is 5.82 Å².